The predicted molar refractivity (Wildman–Crippen MR) is 253 cm³/mol. The van der Waals surface area contributed by atoms with Gasteiger partial charge in [0.2, 0.25) is 35.4 Å². The van der Waals surface area contributed by atoms with Crippen LogP contribution in [0, 0.1) is 23.7 Å². The third-order valence-corrected chi connectivity index (χ3v) is 10.4. The number of rotatable bonds is 40. The summed E-state index contributed by atoms with van der Waals surface area (Å²) in [6.45, 7) is 18.9. The van der Waals surface area contributed by atoms with Crippen LogP contribution in [0.3, 0.4) is 0 Å². The maximum absolute atomic E-state index is 13.0. The first-order valence-corrected chi connectivity index (χ1v) is 24.0. The highest BCUT2D eigenvalue weighted by atomic mass is 16.6. The topological polar surface area (TPSA) is 254 Å². The van der Waals surface area contributed by atoms with Gasteiger partial charge in [-0.15, -0.1) is 0 Å². The minimum Gasteiger partial charge on any atom is -0.461 e. The number of esters is 1. The summed E-state index contributed by atoms with van der Waals surface area (Å²) in [5.74, 6) is -2.89. The Morgan fingerprint density at radius 1 is 0.594 bits per heavy atom. The van der Waals surface area contributed by atoms with Gasteiger partial charge < -0.3 is 63.9 Å². The first kappa shape index (κ1) is 60.5. The van der Waals surface area contributed by atoms with Gasteiger partial charge >= 0.3 is 5.97 Å². The number of imide groups is 1. The lowest BCUT2D eigenvalue weighted by Gasteiger charge is -2.24. The fraction of sp³-hybridized carbons (Fsp3) is 0.729. The molecule has 1 saturated heterocycles. The predicted octanol–water partition coefficient (Wildman–Crippen LogP) is 2.03. The molecule has 21 heteroatoms. The van der Waals surface area contributed by atoms with Crippen LogP contribution in [-0.4, -0.2) is 177 Å². The number of anilines is 1. The lowest BCUT2D eigenvalue weighted by atomic mass is 9.94. The third-order valence-electron chi connectivity index (χ3n) is 10.4. The maximum atomic E-state index is 13.0. The molecule has 6 amide bonds. The number of carbonyl (C=O) groups is 7. The molecule has 0 aliphatic carbocycles. The van der Waals surface area contributed by atoms with Gasteiger partial charge in [-0.1, -0.05) is 53.7 Å². The summed E-state index contributed by atoms with van der Waals surface area (Å²) in [4.78, 5) is 87.8. The van der Waals surface area contributed by atoms with E-state index in [1.54, 1.807) is 58.9 Å². The van der Waals surface area contributed by atoms with Crippen LogP contribution >= 0.6 is 0 Å². The van der Waals surface area contributed by atoms with Crippen LogP contribution in [0.5, 0.6) is 0 Å². The van der Waals surface area contributed by atoms with Gasteiger partial charge in [0, 0.05) is 44.0 Å². The normalized spacial score (nSPS) is 14.6. The molecule has 1 unspecified atom stereocenters. The van der Waals surface area contributed by atoms with Crippen LogP contribution < -0.4 is 21.3 Å². The average molecular weight is 982 g/mol. The Morgan fingerprint density at radius 3 is 1.52 bits per heavy atom. The molecule has 3 atom stereocenters. The zero-order valence-corrected chi connectivity index (χ0v) is 41.8. The summed E-state index contributed by atoms with van der Waals surface area (Å²) in [7, 11) is 0. The summed E-state index contributed by atoms with van der Waals surface area (Å²) in [5, 5.41) is 10.9. The van der Waals surface area contributed by atoms with E-state index in [-0.39, 0.29) is 98.9 Å². The lowest BCUT2D eigenvalue weighted by Crippen LogP contribution is -2.53. The fourth-order valence-corrected chi connectivity index (χ4v) is 6.24. The standard InChI is InChI=1S/C48H79N5O16/c1-34(2)40-32-43(56)53(47(40)59)15-12-41(54)49-14-17-62-19-21-64-23-25-66-27-29-68-31-30-67-28-26-65-24-22-63-20-18-61-16-13-42(55)52-44(35(3)4)46(58)50-37(7)45(57)51-39-10-8-38(9-11-39)33-69-48(60)36(5)6/h8-11,34-37,40,44H,12-33H2,1-7H3,(H,49,54)(H,50,58)(H,51,57)(H,52,55)/t37-,40?,44-/m0/s1. The van der Waals surface area contributed by atoms with Gasteiger partial charge in [-0.05, 0) is 36.5 Å². The molecule has 1 aliphatic heterocycles. The highest BCUT2D eigenvalue weighted by molar-refractivity contribution is 6.04. The number of likely N-dealkylation sites (tertiary alicyclic amines) is 1. The van der Waals surface area contributed by atoms with Crippen molar-refractivity contribution < 1.29 is 76.2 Å². The van der Waals surface area contributed by atoms with E-state index in [1.165, 1.54) is 4.90 Å². The number of hydrogen-bond acceptors (Lipinski definition) is 16. The zero-order chi connectivity index (χ0) is 50.8. The second-order valence-electron chi connectivity index (χ2n) is 17.2. The molecular formula is C48H79N5O16. The van der Waals surface area contributed by atoms with Crippen LogP contribution in [0.1, 0.15) is 73.3 Å². The van der Waals surface area contributed by atoms with Crippen molar-refractivity contribution in [2.24, 2.45) is 23.7 Å². The Bertz CT molecular complexity index is 1660. The first-order valence-electron chi connectivity index (χ1n) is 24.0. The molecule has 1 heterocycles. The molecule has 0 aromatic heterocycles. The number of nitrogens with zero attached hydrogens (tertiary/aromatic N) is 1. The Hall–Kier alpha value is -4.61. The van der Waals surface area contributed by atoms with Gasteiger partial charge in [-0.25, -0.2) is 0 Å². The van der Waals surface area contributed by atoms with Crippen molar-refractivity contribution in [2.75, 3.05) is 124 Å². The van der Waals surface area contributed by atoms with E-state index < -0.39 is 23.9 Å². The molecule has 21 nitrogen and oxygen atoms in total. The molecule has 0 saturated carbocycles. The quantitative estimate of drug-likeness (QED) is 0.0417. The Balaban J connectivity index is 1.33. The molecule has 0 spiro atoms. The molecular weight excluding hydrogens is 903 g/mol. The van der Waals surface area contributed by atoms with E-state index in [0.29, 0.717) is 105 Å². The summed E-state index contributed by atoms with van der Waals surface area (Å²) in [5.41, 5.74) is 1.29. The third kappa shape index (κ3) is 27.4. The molecule has 392 valence electrons. The van der Waals surface area contributed by atoms with Crippen molar-refractivity contribution in [3.8, 4) is 0 Å². The van der Waals surface area contributed by atoms with Crippen LogP contribution in [0.25, 0.3) is 0 Å². The van der Waals surface area contributed by atoms with Gasteiger partial charge in [0.15, 0.2) is 0 Å². The van der Waals surface area contributed by atoms with Gasteiger partial charge in [-0.3, -0.25) is 38.5 Å². The van der Waals surface area contributed by atoms with E-state index >= 15 is 0 Å². The summed E-state index contributed by atoms with van der Waals surface area (Å²) < 4.78 is 49.1. The second kappa shape index (κ2) is 36.3. The van der Waals surface area contributed by atoms with E-state index in [9.17, 15) is 33.6 Å². The number of hydrogen-bond donors (Lipinski definition) is 4. The molecule has 69 heavy (non-hydrogen) atoms. The van der Waals surface area contributed by atoms with E-state index in [0.717, 1.165) is 5.56 Å². The van der Waals surface area contributed by atoms with Gasteiger partial charge in [0.25, 0.3) is 0 Å². The van der Waals surface area contributed by atoms with Gasteiger partial charge in [0.1, 0.15) is 18.7 Å². The van der Waals surface area contributed by atoms with Crippen LogP contribution in [0.2, 0.25) is 0 Å². The van der Waals surface area contributed by atoms with Crippen molar-refractivity contribution in [3.05, 3.63) is 29.8 Å². The van der Waals surface area contributed by atoms with Gasteiger partial charge in [-0.2, -0.15) is 0 Å². The van der Waals surface area contributed by atoms with Crippen molar-refractivity contribution in [1.29, 1.82) is 0 Å². The zero-order valence-electron chi connectivity index (χ0n) is 41.8. The Morgan fingerprint density at radius 2 is 1.07 bits per heavy atom. The summed E-state index contributed by atoms with van der Waals surface area (Å²) in [6.07, 6.45) is 0.323. The smallest absolute Gasteiger partial charge is 0.308 e. The van der Waals surface area contributed by atoms with E-state index in [4.69, 9.17) is 42.6 Å². The van der Waals surface area contributed by atoms with Crippen molar-refractivity contribution in [2.45, 2.75) is 86.4 Å². The highest BCUT2D eigenvalue weighted by Gasteiger charge is 2.39. The molecule has 4 N–H and O–H groups in total. The molecule has 1 aromatic carbocycles. The van der Waals surface area contributed by atoms with Gasteiger partial charge in [0.05, 0.1) is 112 Å². The summed E-state index contributed by atoms with van der Waals surface area (Å²) in [6, 6.07) is 5.11. The lowest BCUT2D eigenvalue weighted by molar-refractivity contribution is -0.148. The molecule has 1 fully saturated rings. The highest BCUT2D eigenvalue weighted by Crippen LogP contribution is 2.26. The minimum absolute atomic E-state index is 0.0430. The SMILES string of the molecule is CC(C)C(=O)OCc1ccc(NC(=O)[C@H](C)NC(=O)[C@@H](NC(=O)CCOCCOCCOCCOCCOCCOCCOCCOCCNC(=O)CCN2C(=O)CC(C(C)C)C2=O)C(C)C)cc1. The molecule has 0 radical (unpaired) electrons. The Labute approximate surface area is 407 Å². The molecule has 2 rings (SSSR count). The number of nitrogens with one attached hydrogen (secondary N) is 4. The fourth-order valence-electron chi connectivity index (χ4n) is 6.24. The Kier molecular flexibility index (Phi) is 31.9. The second-order valence-corrected chi connectivity index (χ2v) is 17.2. The first-order chi connectivity index (χ1) is 33.1. The molecule has 1 aliphatic rings. The number of benzene rings is 1. The maximum Gasteiger partial charge on any atom is 0.308 e. The van der Waals surface area contributed by atoms with Crippen molar-refractivity contribution in [1.82, 2.24) is 20.9 Å². The molecule has 1 aromatic rings. The largest absolute Gasteiger partial charge is 0.461 e. The number of ether oxygens (including phenoxy) is 9. The average Bonchev–Trinajstić information content (AvgIpc) is 3.60. The van der Waals surface area contributed by atoms with E-state index in [2.05, 4.69) is 21.3 Å². The number of carbonyl (C=O) groups excluding carboxylic acids is 7. The van der Waals surface area contributed by atoms with Crippen molar-refractivity contribution >= 4 is 47.1 Å². The van der Waals surface area contributed by atoms with Crippen molar-refractivity contribution in [3.63, 3.8) is 0 Å². The van der Waals surface area contributed by atoms with Crippen LogP contribution in [0.4, 0.5) is 5.69 Å². The molecule has 0 bridgehead atoms. The number of amides is 6. The minimum atomic E-state index is -0.877. The summed E-state index contributed by atoms with van der Waals surface area (Å²) >= 11 is 0. The van der Waals surface area contributed by atoms with Crippen LogP contribution in [0.15, 0.2) is 24.3 Å². The van der Waals surface area contributed by atoms with E-state index in [1.807, 2.05) is 13.8 Å². The monoisotopic (exact) mass is 982 g/mol. The van der Waals surface area contributed by atoms with Crippen LogP contribution in [-0.2, 0) is 82.8 Å².